The van der Waals surface area contributed by atoms with Gasteiger partial charge >= 0.3 is 11.9 Å². The highest BCUT2D eigenvalue weighted by Crippen LogP contribution is 2.19. The quantitative estimate of drug-likeness (QED) is 0.686. The minimum atomic E-state index is -0.599. The number of fused-ring (bicyclic) bond motifs is 1. The third kappa shape index (κ3) is 4.32. The Kier molecular flexibility index (Phi) is 5.64. The molecule has 0 aliphatic heterocycles. The number of nitrogens with zero attached hydrogens (tertiary/aromatic N) is 1. The van der Waals surface area contributed by atoms with Crippen molar-refractivity contribution in [2.45, 2.75) is 6.92 Å². The molecule has 0 aliphatic carbocycles. The number of para-hydroxylation sites is 1. The molecule has 1 N–H and O–H groups in total. The number of pyridine rings is 1. The molecule has 2 aromatic carbocycles. The van der Waals surface area contributed by atoms with Gasteiger partial charge in [0.05, 0.1) is 23.8 Å². The Balaban J connectivity index is 1.63. The number of hydrogen-bond acceptors (Lipinski definition) is 6. The molecular formula is C21H18N2O5. The molecule has 3 rings (SSSR count). The van der Waals surface area contributed by atoms with Gasteiger partial charge in [-0.15, -0.1) is 0 Å². The summed E-state index contributed by atoms with van der Waals surface area (Å²) < 4.78 is 9.77. The van der Waals surface area contributed by atoms with Gasteiger partial charge in [-0.25, -0.2) is 9.59 Å². The van der Waals surface area contributed by atoms with Gasteiger partial charge in [-0.2, -0.15) is 0 Å². The molecule has 0 fully saturated rings. The second-order valence-electron chi connectivity index (χ2n) is 6.02. The number of anilines is 1. The summed E-state index contributed by atoms with van der Waals surface area (Å²) in [6.45, 7) is 1.35. The van der Waals surface area contributed by atoms with Gasteiger partial charge in [-0.05, 0) is 43.3 Å². The first-order valence-electron chi connectivity index (χ1n) is 8.49. The summed E-state index contributed by atoms with van der Waals surface area (Å²) in [7, 11) is 1.29. The van der Waals surface area contributed by atoms with Gasteiger partial charge in [0.25, 0.3) is 5.91 Å². The minimum absolute atomic E-state index is 0.360. The standard InChI is InChI=1S/C21H18N2O5/c1-13-11-17(16-5-3-4-6-18(16)22-13)21(26)28-12-19(24)23-15-9-7-14(8-10-15)20(25)27-2/h3-11H,12H2,1-2H3,(H,23,24). The Morgan fingerprint density at radius 1 is 1.00 bits per heavy atom. The van der Waals surface area contributed by atoms with Crippen molar-refractivity contribution in [3.63, 3.8) is 0 Å². The van der Waals surface area contributed by atoms with Crippen LogP contribution in [0.2, 0.25) is 0 Å². The van der Waals surface area contributed by atoms with Gasteiger partial charge in [-0.1, -0.05) is 18.2 Å². The van der Waals surface area contributed by atoms with E-state index >= 15 is 0 Å². The number of amides is 1. The topological polar surface area (TPSA) is 94.6 Å². The highest BCUT2D eigenvalue weighted by Gasteiger charge is 2.15. The first-order valence-corrected chi connectivity index (χ1v) is 8.49. The first-order chi connectivity index (χ1) is 13.5. The second kappa shape index (κ2) is 8.30. The molecule has 142 valence electrons. The summed E-state index contributed by atoms with van der Waals surface area (Å²) in [6, 6.07) is 15.0. The molecule has 0 bridgehead atoms. The van der Waals surface area contributed by atoms with E-state index in [1.54, 1.807) is 37.3 Å². The lowest BCUT2D eigenvalue weighted by Gasteiger charge is -2.09. The van der Waals surface area contributed by atoms with Crippen LogP contribution in [0.3, 0.4) is 0 Å². The van der Waals surface area contributed by atoms with Crippen molar-refractivity contribution in [1.82, 2.24) is 4.98 Å². The van der Waals surface area contributed by atoms with E-state index in [4.69, 9.17) is 4.74 Å². The highest BCUT2D eigenvalue weighted by atomic mass is 16.5. The van der Waals surface area contributed by atoms with Crippen molar-refractivity contribution in [1.29, 1.82) is 0 Å². The molecule has 0 radical (unpaired) electrons. The molecule has 7 heteroatoms. The Bertz CT molecular complexity index is 1040. The molecule has 3 aromatic rings. The second-order valence-corrected chi connectivity index (χ2v) is 6.02. The van der Waals surface area contributed by atoms with Crippen molar-refractivity contribution >= 4 is 34.4 Å². The monoisotopic (exact) mass is 378 g/mol. The van der Waals surface area contributed by atoms with Crippen LogP contribution in [0.4, 0.5) is 5.69 Å². The number of esters is 2. The van der Waals surface area contributed by atoms with Crippen LogP contribution >= 0.6 is 0 Å². The molecule has 0 atom stereocenters. The summed E-state index contributed by atoms with van der Waals surface area (Å²) in [4.78, 5) is 40.3. The molecule has 0 saturated carbocycles. The number of carbonyl (C=O) groups is 3. The van der Waals surface area contributed by atoms with Crippen molar-refractivity contribution in [3.05, 3.63) is 71.4 Å². The zero-order valence-corrected chi connectivity index (χ0v) is 15.4. The molecule has 0 unspecified atom stereocenters. The SMILES string of the molecule is COC(=O)c1ccc(NC(=O)COC(=O)c2cc(C)nc3ccccc23)cc1. The first kappa shape index (κ1) is 19.0. The van der Waals surface area contributed by atoms with E-state index in [1.807, 2.05) is 12.1 Å². The maximum atomic E-state index is 12.4. The Morgan fingerprint density at radius 2 is 1.71 bits per heavy atom. The molecule has 1 amide bonds. The molecule has 0 spiro atoms. The van der Waals surface area contributed by atoms with Gasteiger partial charge in [-0.3, -0.25) is 9.78 Å². The van der Waals surface area contributed by atoms with Crippen LogP contribution in [-0.2, 0) is 14.3 Å². The van der Waals surface area contributed by atoms with Gasteiger partial charge < -0.3 is 14.8 Å². The van der Waals surface area contributed by atoms with Gasteiger partial charge in [0.15, 0.2) is 6.61 Å². The van der Waals surface area contributed by atoms with Crippen LogP contribution in [-0.4, -0.2) is 36.5 Å². The summed E-state index contributed by atoms with van der Waals surface area (Å²) >= 11 is 0. The van der Waals surface area contributed by atoms with Crippen LogP contribution in [0.5, 0.6) is 0 Å². The Labute approximate surface area is 161 Å². The number of carbonyl (C=O) groups excluding carboxylic acids is 3. The lowest BCUT2D eigenvalue weighted by atomic mass is 10.1. The van der Waals surface area contributed by atoms with Crippen LogP contribution in [0.1, 0.15) is 26.4 Å². The van der Waals surface area contributed by atoms with Gasteiger partial charge in [0.1, 0.15) is 0 Å². The number of methoxy groups -OCH3 is 1. The Hall–Kier alpha value is -3.74. The molecule has 0 saturated heterocycles. The van der Waals surface area contributed by atoms with E-state index in [0.29, 0.717) is 33.4 Å². The van der Waals surface area contributed by atoms with E-state index < -0.39 is 24.5 Å². The zero-order valence-electron chi connectivity index (χ0n) is 15.4. The number of rotatable bonds is 5. The van der Waals surface area contributed by atoms with E-state index in [1.165, 1.54) is 19.2 Å². The van der Waals surface area contributed by atoms with Crippen LogP contribution < -0.4 is 5.32 Å². The average molecular weight is 378 g/mol. The summed E-state index contributed by atoms with van der Waals surface area (Å²) in [6.07, 6.45) is 0. The van der Waals surface area contributed by atoms with E-state index in [2.05, 4.69) is 15.0 Å². The predicted molar refractivity (Wildman–Crippen MR) is 103 cm³/mol. The molecule has 0 aliphatic rings. The van der Waals surface area contributed by atoms with Crippen LogP contribution in [0.15, 0.2) is 54.6 Å². The number of nitrogens with one attached hydrogen (secondary N) is 1. The van der Waals surface area contributed by atoms with Gasteiger partial charge in [0.2, 0.25) is 0 Å². The van der Waals surface area contributed by atoms with E-state index in [9.17, 15) is 14.4 Å². The summed E-state index contributed by atoms with van der Waals surface area (Å²) in [5.74, 6) is -1.56. The predicted octanol–water partition coefficient (Wildman–Crippen LogP) is 3.13. The Morgan fingerprint density at radius 3 is 2.43 bits per heavy atom. The molecule has 1 aromatic heterocycles. The maximum Gasteiger partial charge on any atom is 0.339 e. The maximum absolute atomic E-state index is 12.4. The zero-order chi connectivity index (χ0) is 20.1. The number of hydrogen-bond donors (Lipinski definition) is 1. The van der Waals surface area contributed by atoms with Gasteiger partial charge in [0, 0.05) is 16.8 Å². The van der Waals surface area contributed by atoms with E-state index in [0.717, 1.165) is 0 Å². The number of aromatic nitrogens is 1. The summed E-state index contributed by atoms with van der Waals surface area (Å²) in [5, 5.41) is 3.26. The smallest absolute Gasteiger partial charge is 0.339 e. The van der Waals surface area contributed by atoms with E-state index in [-0.39, 0.29) is 0 Å². The minimum Gasteiger partial charge on any atom is -0.465 e. The normalized spacial score (nSPS) is 10.4. The molecule has 28 heavy (non-hydrogen) atoms. The lowest BCUT2D eigenvalue weighted by molar-refractivity contribution is -0.119. The number of aryl methyl sites for hydroxylation is 1. The fraction of sp³-hybridized carbons (Fsp3) is 0.143. The third-order valence-electron chi connectivity index (χ3n) is 3.99. The van der Waals surface area contributed by atoms with Crippen molar-refractivity contribution in [2.75, 3.05) is 19.0 Å². The molecular weight excluding hydrogens is 360 g/mol. The van der Waals surface area contributed by atoms with Crippen LogP contribution in [0.25, 0.3) is 10.9 Å². The largest absolute Gasteiger partial charge is 0.465 e. The fourth-order valence-corrected chi connectivity index (χ4v) is 2.69. The van der Waals surface area contributed by atoms with Crippen molar-refractivity contribution < 1.29 is 23.9 Å². The number of benzene rings is 2. The lowest BCUT2D eigenvalue weighted by Crippen LogP contribution is -2.21. The molecule has 1 heterocycles. The third-order valence-corrected chi connectivity index (χ3v) is 3.99. The summed E-state index contributed by atoms with van der Waals surface area (Å²) in [5.41, 5.74) is 2.56. The van der Waals surface area contributed by atoms with Crippen molar-refractivity contribution in [2.24, 2.45) is 0 Å². The number of ether oxygens (including phenoxy) is 2. The highest BCUT2D eigenvalue weighted by molar-refractivity contribution is 6.04. The van der Waals surface area contributed by atoms with Crippen molar-refractivity contribution in [3.8, 4) is 0 Å². The average Bonchev–Trinajstić information content (AvgIpc) is 2.71. The molecule has 7 nitrogen and oxygen atoms in total. The van der Waals surface area contributed by atoms with Crippen LogP contribution in [0, 0.1) is 6.92 Å². The fourth-order valence-electron chi connectivity index (χ4n) is 2.69.